The highest BCUT2D eigenvalue weighted by Crippen LogP contribution is 2.39. The molecule has 2 N–H and O–H groups in total. The van der Waals surface area contributed by atoms with E-state index in [0.717, 1.165) is 24.0 Å². The Labute approximate surface area is 173 Å². The minimum Gasteiger partial charge on any atom is -0.388 e. The highest BCUT2D eigenvalue weighted by molar-refractivity contribution is 5.14. The molecule has 0 aromatic heterocycles. The zero-order valence-corrected chi connectivity index (χ0v) is 17.2. The molecule has 1 aliphatic rings. The van der Waals surface area contributed by atoms with Crippen molar-refractivity contribution in [3.8, 4) is 0 Å². The van der Waals surface area contributed by atoms with Crippen molar-refractivity contribution in [1.29, 1.82) is 0 Å². The molecular formula is C24H32O5. The minimum atomic E-state index is -1.30. The third kappa shape index (κ3) is 7.53. The number of hydrogen-bond donors (Lipinski definition) is 2. The van der Waals surface area contributed by atoms with E-state index in [-0.39, 0.29) is 12.5 Å². The molecule has 2 aromatic rings. The fourth-order valence-corrected chi connectivity index (χ4v) is 3.35. The van der Waals surface area contributed by atoms with Crippen LogP contribution in [0.25, 0.3) is 0 Å². The molecule has 5 nitrogen and oxygen atoms in total. The minimum absolute atomic E-state index is 0.132. The van der Waals surface area contributed by atoms with Gasteiger partial charge in [0.25, 0.3) is 0 Å². The van der Waals surface area contributed by atoms with Gasteiger partial charge in [0.05, 0.1) is 25.9 Å². The van der Waals surface area contributed by atoms with Gasteiger partial charge >= 0.3 is 0 Å². The van der Waals surface area contributed by atoms with Gasteiger partial charge in [-0.15, -0.1) is 0 Å². The number of aliphatic hydroxyl groups is 2. The van der Waals surface area contributed by atoms with Crippen LogP contribution in [-0.2, 0) is 27.4 Å². The van der Waals surface area contributed by atoms with Crippen molar-refractivity contribution in [3.05, 3.63) is 71.8 Å². The molecule has 3 atom stereocenters. The Kier molecular flexibility index (Phi) is 7.81. The van der Waals surface area contributed by atoms with Gasteiger partial charge in [-0.05, 0) is 43.7 Å². The normalized spacial score (nSPS) is 17.7. The van der Waals surface area contributed by atoms with Crippen molar-refractivity contribution in [2.45, 2.75) is 64.0 Å². The number of aliphatic hydroxyl groups excluding tert-OH is 1. The van der Waals surface area contributed by atoms with Crippen LogP contribution >= 0.6 is 0 Å². The standard InChI is InChI=1S/C24H32O5/c1-24(2,26)29-22(20-13-14-20)23(28-16-19-11-7-4-8-12-19)21(25)17-27-15-18-9-5-3-6-10-18/h3-12,20-23,25-26H,13-17H2,1-2H3. The smallest absolute Gasteiger partial charge is 0.160 e. The van der Waals surface area contributed by atoms with E-state index in [0.29, 0.717) is 13.2 Å². The molecule has 1 fully saturated rings. The number of hydrogen-bond acceptors (Lipinski definition) is 5. The number of ether oxygens (including phenoxy) is 3. The van der Waals surface area contributed by atoms with Gasteiger partial charge in [0.2, 0.25) is 0 Å². The highest BCUT2D eigenvalue weighted by atomic mass is 16.6. The Morgan fingerprint density at radius 1 is 0.931 bits per heavy atom. The van der Waals surface area contributed by atoms with Crippen molar-refractivity contribution >= 4 is 0 Å². The summed E-state index contributed by atoms with van der Waals surface area (Å²) in [5, 5.41) is 21.1. The highest BCUT2D eigenvalue weighted by Gasteiger charge is 2.43. The third-order valence-corrected chi connectivity index (χ3v) is 4.90. The molecule has 1 saturated carbocycles. The van der Waals surface area contributed by atoms with Crippen LogP contribution in [0.1, 0.15) is 37.8 Å². The van der Waals surface area contributed by atoms with E-state index in [4.69, 9.17) is 14.2 Å². The second kappa shape index (κ2) is 10.3. The summed E-state index contributed by atoms with van der Waals surface area (Å²) in [4.78, 5) is 0. The first-order chi connectivity index (χ1) is 13.9. The first-order valence-corrected chi connectivity index (χ1v) is 10.3. The fourth-order valence-electron chi connectivity index (χ4n) is 3.35. The van der Waals surface area contributed by atoms with E-state index in [1.54, 1.807) is 13.8 Å². The zero-order chi connectivity index (χ0) is 20.7. The maximum absolute atomic E-state index is 10.9. The molecule has 0 spiro atoms. The molecule has 5 heteroatoms. The van der Waals surface area contributed by atoms with Crippen molar-refractivity contribution < 1.29 is 24.4 Å². The predicted octanol–water partition coefficient (Wildman–Crippen LogP) is 3.67. The summed E-state index contributed by atoms with van der Waals surface area (Å²) in [6, 6.07) is 19.7. The molecule has 1 aliphatic carbocycles. The lowest BCUT2D eigenvalue weighted by atomic mass is 10.0. The fraction of sp³-hybridized carbons (Fsp3) is 0.500. The molecule has 0 aliphatic heterocycles. The van der Waals surface area contributed by atoms with Gasteiger partial charge in [-0.1, -0.05) is 60.7 Å². The molecule has 2 aromatic carbocycles. The Bertz CT molecular complexity index is 709. The van der Waals surface area contributed by atoms with E-state index in [1.807, 2.05) is 60.7 Å². The second-order valence-corrected chi connectivity index (χ2v) is 8.20. The van der Waals surface area contributed by atoms with Gasteiger partial charge in [-0.25, -0.2) is 0 Å². The summed E-state index contributed by atoms with van der Waals surface area (Å²) in [5.74, 6) is -1.03. The van der Waals surface area contributed by atoms with Gasteiger partial charge in [0.15, 0.2) is 5.79 Å². The Morgan fingerprint density at radius 3 is 2.00 bits per heavy atom. The van der Waals surface area contributed by atoms with E-state index in [1.165, 1.54) is 0 Å². The Balaban J connectivity index is 1.64. The summed E-state index contributed by atoms with van der Waals surface area (Å²) in [6.45, 7) is 4.13. The van der Waals surface area contributed by atoms with Gasteiger partial charge in [-0.2, -0.15) is 0 Å². The molecule has 29 heavy (non-hydrogen) atoms. The Morgan fingerprint density at radius 2 is 1.48 bits per heavy atom. The maximum Gasteiger partial charge on any atom is 0.160 e. The zero-order valence-electron chi connectivity index (χ0n) is 17.2. The quantitative estimate of drug-likeness (QED) is 0.532. The van der Waals surface area contributed by atoms with Gasteiger partial charge in [-0.3, -0.25) is 0 Å². The molecule has 0 heterocycles. The lowest BCUT2D eigenvalue weighted by Crippen LogP contribution is -2.48. The van der Waals surface area contributed by atoms with Crippen molar-refractivity contribution in [2.75, 3.05) is 6.61 Å². The third-order valence-electron chi connectivity index (χ3n) is 4.90. The molecule has 158 valence electrons. The van der Waals surface area contributed by atoms with Gasteiger partial charge in [0, 0.05) is 0 Å². The van der Waals surface area contributed by atoms with E-state index in [2.05, 4.69) is 0 Å². The van der Waals surface area contributed by atoms with Crippen LogP contribution in [0.4, 0.5) is 0 Å². The average Bonchev–Trinajstić information content (AvgIpc) is 3.53. The second-order valence-electron chi connectivity index (χ2n) is 8.20. The van der Waals surface area contributed by atoms with Crippen molar-refractivity contribution in [2.24, 2.45) is 5.92 Å². The number of benzene rings is 2. The molecule has 0 radical (unpaired) electrons. The summed E-state index contributed by atoms with van der Waals surface area (Å²) in [5.41, 5.74) is 2.07. The monoisotopic (exact) mass is 400 g/mol. The molecule has 0 amide bonds. The molecule has 0 saturated heterocycles. The van der Waals surface area contributed by atoms with E-state index in [9.17, 15) is 10.2 Å². The van der Waals surface area contributed by atoms with Crippen LogP contribution in [0.5, 0.6) is 0 Å². The average molecular weight is 401 g/mol. The lowest BCUT2D eigenvalue weighted by Gasteiger charge is -2.35. The van der Waals surface area contributed by atoms with E-state index >= 15 is 0 Å². The molecule has 3 rings (SSSR count). The summed E-state index contributed by atoms with van der Waals surface area (Å²) < 4.78 is 17.8. The predicted molar refractivity (Wildman–Crippen MR) is 111 cm³/mol. The topological polar surface area (TPSA) is 68.2 Å². The van der Waals surface area contributed by atoms with Crippen molar-refractivity contribution in [3.63, 3.8) is 0 Å². The van der Waals surface area contributed by atoms with Crippen LogP contribution in [0, 0.1) is 5.92 Å². The molecular weight excluding hydrogens is 368 g/mol. The SMILES string of the molecule is CC(C)(O)OC(C1CC1)C(OCc1ccccc1)C(O)COCc1ccccc1. The molecule has 0 bridgehead atoms. The lowest BCUT2D eigenvalue weighted by molar-refractivity contribution is -0.250. The van der Waals surface area contributed by atoms with Crippen LogP contribution < -0.4 is 0 Å². The van der Waals surface area contributed by atoms with Gasteiger partial charge < -0.3 is 24.4 Å². The maximum atomic E-state index is 10.9. The van der Waals surface area contributed by atoms with E-state index < -0.39 is 24.1 Å². The van der Waals surface area contributed by atoms with Crippen molar-refractivity contribution in [1.82, 2.24) is 0 Å². The summed E-state index contributed by atoms with van der Waals surface area (Å²) in [6.07, 6.45) is 0.155. The Hall–Kier alpha value is -1.76. The summed E-state index contributed by atoms with van der Waals surface area (Å²) in [7, 11) is 0. The first kappa shape index (κ1) is 21.9. The first-order valence-electron chi connectivity index (χ1n) is 10.3. The molecule has 3 unspecified atom stereocenters. The van der Waals surface area contributed by atoms with Crippen LogP contribution in [0.3, 0.4) is 0 Å². The summed E-state index contributed by atoms with van der Waals surface area (Å²) >= 11 is 0. The number of rotatable bonds is 12. The van der Waals surface area contributed by atoms with Crippen LogP contribution in [-0.4, -0.2) is 40.9 Å². The van der Waals surface area contributed by atoms with Crippen LogP contribution in [0.2, 0.25) is 0 Å². The van der Waals surface area contributed by atoms with Gasteiger partial charge in [0.1, 0.15) is 12.2 Å². The van der Waals surface area contributed by atoms with Crippen LogP contribution in [0.15, 0.2) is 60.7 Å². The largest absolute Gasteiger partial charge is 0.388 e.